The first-order chi connectivity index (χ1) is 10.5. The molecule has 116 valence electrons. The number of hydrogen-bond donors (Lipinski definition) is 1. The Morgan fingerprint density at radius 2 is 2.18 bits per heavy atom. The molecule has 2 rings (SSSR count). The molecule has 1 amide bonds. The van der Waals surface area contributed by atoms with Gasteiger partial charge in [-0.15, -0.1) is 0 Å². The van der Waals surface area contributed by atoms with Gasteiger partial charge in [-0.05, 0) is 12.1 Å². The van der Waals surface area contributed by atoms with Gasteiger partial charge in [0.25, 0.3) is 11.5 Å². The van der Waals surface area contributed by atoms with Crippen molar-refractivity contribution in [3.63, 3.8) is 0 Å². The Bertz CT molecular complexity index is 755. The van der Waals surface area contributed by atoms with Gasteiger partial charge in [0.1, 0.15) is 17.8 Å². The minimum atomic E-state index is -1.17. The highest BCUT2D eigenvalue weighted by Crippen LogP contribution is 2.02. The summed E-state index contributed by atoms with van der Waals surface area (Å²) >= 11 is 0. The van der Waals surface area contributed by atoms with Crippen LogP contribution in [0.4, 0.5) is 0 Å². The van der Waals surface area contributed by atoms with Crippen molar-refractivity contribution in [3.05, 3.63) is 46.5 Å². The van der Waals surface area contributed by atoms with E-state index in [1.54, 1.807) is 18.2 Å². The van der Waals surface area contributed by atoms with Gasteiger partial charge in [-0.3, -0.25) is 18.8 Å². The molecule has 0 saturated heterocycles. The van der Waals surface area contributed by atoms with Crippen LogP contribution in [0.15, 0.2) is 35.4 Å². The molecule has 0 spiro atoms. The van der Waals surface area contributed by atoms with E-state index < -0.39 is 24.0 Å². The van der Waals surface area contributed by atoms with Crippen molar-refractivity contribution in [1.82, 2.24) is 14.3 Å². The molecule has 0 unspecified atom stereocenters. The van der Waals surface area contributed by atoms with E-state index in [9.17, 15) is 14.4 Å². The van der Waals surface area contributed by atoms with Gasteiger partial charge in [0.05, 0.1) is 6.61 Å². The van der Waals surface area contributed by atoms with Crippen LogP contribution in [0.25, 0.3) is 5.65 Å². The number of fused-ring (bicyclic) bond motifs is 1. The van der Waals surface area contributed by atoms with Gasteiger partial charge in [0.15, 0.2) is 0 Å². The maximum absolute atomic E-state index is 12.4. The molecule has 0 aliphatic carbocycles. The molecule has 0 atom stereocenters. The van der Waals surface area contributed by atoms with Crippen molar-refractivity contribution in [2.24, 2.45) is 0 Å². The van der Waals surface area contributed by atoms with Crippen LogP contribution < -0.4 is 5.56 Å². The van der Waals surface area contributed by atoms with Crippen LogP contribution >= 0.6 is 0 Å². The lowest BCUT2D eigenvalue weighted by molar-refractivity contribution is -0.137. The van der Waals surface area contributed by atoms with E-state index in [1.807, 2.05) is 0 Å². The minimum Gasteiger partial charge on any atom is -0.480 e. The number of aliphatic carboxylic acids is 1. The summed E-state index contributed by atoms with van der Waals surface area (Å²) in [5, 5.41) is 8.89. The van der Waals surface area contributed by atoms with E-state index in [0.29, 0.717) is 5.65 Å². The quantitative estimate of drug-likeness (QED) is 0.797. The van der Waals surface area contributed by atoms with Crippen LogP contribution in [0.2, 0.25) is 0 Å². The zero-order valence-corrected chi connectivity index (χ0v) is 11.9. The van der Waals surface area contributed by atoms with Crippen molar-refractivity contribution in [2.45, 2.75) is 0 Å². The van der Waals surface area contributed by atoms with E-state index in [0.717, 1.165) is 4.90 Å². The standard InChI is InChI=1S/C14H15N3O5/c1-22-7-6-16(9-12(18)19)13(20)10-8-15-11-4-2-3-5-17(11)14(10)21/h2-5,8H,6-7,9H2,1H3,(H,18,19). The summed E-state index contributed by atoms with van der Waals surface area (Å²) in [5.41, 5.74) is -0.310. The second kappa shape index (κ2) is 6.81. The third kappa shape index (κ3) is 3.29. The smallest absolute Gasteiger partial charge is 0.323 e. The molecule has 2 heterocycles. The molecule has 0 aromatic carbocycles. The molecule has 8 nitrogen and oxygen atoms in total. The topological polar surface area (TPSA) is 101 Å². The summed E-state index contributed by atoms with van der Waals surface area (Å²) in [4.78, 5) is 40.7. The van der Waals surface area contributed by atoms with Crippen LogP contribution in [0.1, 0.15) is 10.4 Å². The minimum absolute atomic E-state index is 0.0680. The molecule has 1 N–H and O–H groups in total. The predicted molar refractivity (Wildman–Crippen MR) is 76.9 cm³/mol. The van der Waals surface area contributed by atoms with Gasteiger partial charge in [0, 0.05) is 26.0 Å². The van der Waals surface area contributed by atoms with Crippen molar-refractivity contribution in [1.29, 1.82) is 0 Å². The summed E-state index contributed by atoms with van der Waals surface area (Å²) in [5.74, 6) is -1.85. The van der Waals surface area contributed by atoms with Crippen LogP contribution in [0, 0.1) is 0 Å². The van der Waals surface area contributed by atoms with E-state index in [1.165, 1.54) is 23.9 Å². The highest BCUT2D eigenvalue weighted by molar-refractivity contribution is 5.95. The molecule has 8 heteroatoms. The lowest BCUT2D eigenvalue weighted by atomic mass is 10.2. The van der Waals surface area contributed by atoms with Crippen LogP contribution in [-0.2, 0) is 9.53 Å². The number of carboxylic acid groups (broad SMARTS) is 1. The van der Waals surface area contributed by atoms with Crippen molar-refractivity contribution >= 4 is 17.5 Å². The second-order valence-electron chi connectivity index (χ2n) is 4.52. The Morgan fingerprint density at radius 1 is 1.41 bits per heavy atom. The average Bonchev–Trinajstić information content (AvgIpc) is 2.51. The Labute approximate surface area is 125 Å². The zero-order valence-electron chi connectivity index (χ0n) is 11.9. The molecule has 0 fully saturated rings. The van der Waals surface area contributed by atoms with Gasteiger partial charge >= 0.3 is 5.97 Å². The molecule has 0 radical (unpaired) electrons. The molecule has 2 aromatic heterocycles. The fraction of sp³-hybridized carbons (Fsp3) is 0.286. The number of aromatic nitrogens is 2. The number of methoxy groups -OCH3 is 1. The van der Waals surface area contributed by atoms with Gasteiger partial charge in [-0.1, -0.05) is 6.07 Å². The first kappa shape index (κ1) is 15.6. The first-order valence-corrected chi connectivity index (χ1v) is 6.51. The Hall–Kier alpha value is -2.74. The van der Waals surface area contributed by atoms with Gasteiger partial charge < -0.3 is 14.7 Å². The Morgan fingerprint density at radius 3 is 2.86 bits per heavy atom. The molecule has 22 heavy (non-hydrogen) atoms. The van der Waals surface area contributed by atoms with E-state index >= 15 is 0 Å². The predicted octanol–water partition coefficient (Wildman–Crippen LogP) is -0.132. The van der Waals surface area contributed by atoms with Gasteiger partial charge in [-0.25, -0.2) is 4.98 Å². The number of rotatable bonds is 6. The lowest BCUT2D eigenvalue weighted by Gasteiger charge is -2.19. The SMILES string of the molecule is COCCN(CC(=O)O)C(=O)c1cnc2ccccn2c1=O. The van der Waals surface area contributed by atoms with Crippen LogP contribution in [-0.4, -0.2) is 58.1 Å². The average molecular weight is 305 g/mol. The zero-order chi connectivity index (χ0) is 16.1. The Balaban J connectivity index is 2.39. The third-order valence-electron chi connectivity index (χ3n) is 3.02. The number of ether oxygens (including phenoxy) is 1. The fourth-order valence-electron chi connectivity index (χ4n) is 1.96. The first-order valence-electron chi connectivity index (χ1n) is 6.51. The number of carbonyl (C=O) groups excluding carboxylic acids is 1. The lowest BCUT2D eigenvalue weighted by Crippen LogP contribution is -2.40. The number of carbonyl (C=O) groups is 2. The van der Waals surface area contributed by atoms with Crippen molar-refractivity contribution in [3.8, 4) is 0 Å². The molecule has 0 bridgehead atoms. The maximum atomic E-state index is 12.4. The number of hydrogen-bond acceptors (Lipinski definition) is 5. The van der Waals surface area contributed by atoms with Crippen molar-refractivity contribution in [2.75, 3.05) is 26.8 Å². The normalized spacial score (nSPS) is 10.6. The van der Waals surface area contributed by atoms with Crippen molar-refractivity contribution < 1.29 is 19.4 Å². The highest BCUT2D eigenvalue weighted by Gasteiger charge is 2.22. The molecular formula is C14H15N3O5. The Kier molecular flexibility index (Phi) is 4.84. The van der Waals surface area contributed by atoms with Gasteiger partial charge in [-0.2, -0.15) is 0 Å². The summed E-state index contributed by atoms with van der Waals surface area (Å²) in [6.07, 6.45) is 2.67. The molecule has 0 saturated carbocycles. The summed E-state index contributed by atoms with van der Waals surface area (Å²) in [6, 6.07) is 5.00. The highest BCUT2D eigenvalue weighted by atomic mass is 16.5. The van der Waals surface area contributed by atoms with E-state index in [4.69, 9.17) is 9.84 Å². The fourth-order valence-corrected chi connectivity index (χ4v) is 1.96. The summed E-state index contributed by atoms with van der Waals surface area (Å²) in [7, 11) is 1.44. The van der Waals surface area contributed by atoms with Gasteiger partial charge in [0.2, 0.25) is 0 Å². The largest absolute Gasteiger partial charge is 0.480 e. The number of nitrogens with zero attached hydrogens (tertiary/aromatic N) is 3. The van der Waals surface area contributed by atoms with E-state index in [-0.39, 0.29) is 18.7 Å². The monoisotopic (exact) mass is 305 g/mol. The molecular weight excluding hydrogens is 290 g/mol. The molecule has 2 aromatic rings. The number of pyridine rings is 1. The number of carboxylic acids is 1. The third-order valence-corrected chi connectivity index (χ3v) is 3.02. The maximum Gasteiger partial charge on any atom is 0.323 e. The van der Waals surface area contributed by atoms with Crippen LogP contribution in [0.5, 0.6) is 0 Å². The summed E-state index contributed by atoms with van der Waals surface area (Å²) < 4.78 is 6.09. The second-order valence-corrected chi connectivity index (χ2v) is 4.52. The number of amides is 1. The van der Waals surface area contributed by atoms with E-state index in [2.05, 4.69) is 4.98 Å². The van der Waals surface area contributed by atoms with Crippen LogP contribution in [0.3, 0.4) is 0 Å². The molecule has 0 aliphatic heterocycles. The molecule has 0 aliphatic rings. The summed E-state index contributed by atoms with van der Waals surface area (Å²) in [6.45, 7) is -0.279.